The van der Waals surface area contributed by atoms with Crippen LogP contribution >= 0.6 is 0 Å². The summed E-state index contributed by atoms with van der Waals surface area (Å²) in [6.07, 6.45) is 3.85. The molecule has 0 aliphatic heterocycles. The van der Waals surface area contributed by atoms with Gasteiger partial charge in [-0.2, -0.15) is 0 Å². The van der Waals surface area contributed by atoms with Crippen molar-refractivity contribution in [2.45, 2.75) is 116 Å². The predicted octanol–water partition coefficient (Wildman–Crippen LogP) is 9.31. The number of hydrogen-bond acceptors (Lipinski definition) is 1. The van der Waals surface area contributed by atoms with Crippen LogP contribution in [-0.4, -0.2) is 5.78 Å². The van der Waals surface area contributed by atoms with Gasteiger partial charge >= 0.3 is 0 Å². The second kappa shape index (κ2) is 32.6. The maximum Gasteiger partial charge on any atom is 0.132 e. The van der Waals surface area contributed by atoms with Gasteiger partial charge in [0.1, 0.15) is 5.78 Å². The molecule has 0 saturated carbocycles. The maximum atomic E-state index is 10.1. The Morgan fingerprint density at radius 2 is 1.30 bits per heavy atom. The van der Waals surface area contributed by atoms with Gasteiger partial charge < -0.3 is 0 Å². The number of carbonyl (C=O) groups is 1. The molecule has 1 nitrogen and oxygen atoms in total. The summed E-state index contributed by atoms with van der Waals surface area (Å²) in [6, 6.07) is 8.61. The minimum atomic E-state index is 0.213. The average Bonchev–Trinajstić information content (AvgIpc) is 2.67. The predicted molar refractivity (Wildman–Crippen MR) is 130 cm³/mol. The third kappa shape index (κ3) is 40.7. The number of benzene rings is 1. The van der Waals surface area contributed by atoms with E-state index in [0.717, 1.165) is 12.3 Å². The Morgan fingerprint density at radius 1 is 0.889 bits per heavy atom. The second-order valence-corrected chi connectivity index (χ2v) is 6.29. The Kier molecular flexibility index (Phi) is 44.3. The summed E-state index contributed by atoms with van der Waals surface area (Å²) in [5, 5.41) is 0. The van der Waals surface area contributed by atoms with Gasteiger partial charge in [0, 0.05) is 5.92 Å². The molecule has 0 atom stereocenters. The molecule has 0 radical (unpaired) electrons. The first-order chi connectivity index (χ1) is 12.7. The highest BCUT2D eigenvalue weighted by Gasteiger charge is 1.95. The highest BCUT2D eigenvalue weighted by Crippen LogP contribution is 2.03. The quantitative estimate of drug-likeness (QED) is 0.507. The second-order valence-electron chi connectivity index (χ2n) is 6.29. The van der Waals surface area contributed by atoms with Gasteiger partial charge in [-0.05, 0) is 31.7 Å². The number of aryl methyl sites for hydroxylation is 2. The van der Waals surface area contributed by atoms with E-state index < -0.39 is 0 Å². The first kappa shape index (κ1) is 36.8. The molecule has 0 amide bonds. The van der Waals surface area contributed by atoms with E-state index >= 15 is 0 Å². The van der Waals surface area contributed by atoms with Crippen molar-refractivity contribution >= 4 is 5.78 Å². The van der Waals surface area contributed by atoms with Gasteiger partial charge in [-0.15, -0.1) is 0 Å². The van der Waals surface area contributed by atoms with Crippen LogP contribution in [0.1, 0.15) is 114 Å². The van der Waals surface area contributed by atoms with E-state index in [1.807, 2.05) is 55.4 Å². The lowest BCUT2D eigenvalue weighted by Gasteiger charge is -1.95. The summed E-state index contributed by atoms with van der Waals surface area (Å²) in [4.78, 5) is 10.1. The fourth-order valence-electron chi connectivity index (χ4n) is 1.51. The molecule has 0 bridgehead atoms. The Bertz CT molecular complexity index is 364. The summed E-state index contributed by atoms with van der Waals surface area (Å²) in [5.41, 5.74) is 2.78. The topological polar surface area (TPSA) is 17.1 Å². The van der Waals surface area contributed by atoms with Gasteiger partial charge in [-0.25, -0.2) is 0 Å². The molecule has 1 aromatic carbocycles. The zero-order valence-corrected chi connectivity index (χ0v) is 21.5. The van der Waals surface area contributed by atoms with Gasteiger partial charge in [-0.1, -0.05) is 126 Å². The molecule has 0 fully saturated rings. The lowest BCUT2D eigenvalue weighted by molar-refractivity contribution is -0.119. The van der Waals surface area contributed by atoms with Crippen molar-refractivity contribution in [3.8, 4) is 0 Å². The molecule has 0 spiro atoms. The van der Waals surface area contributed by atoms with Crippen LogP contribution in [0.15, 0.2) is 24.3 Å². The van der Waals surface area contributed by atoms with Crippen molar-refractivity contribution in [3.63, 3.8) is 0 Å². The van der Waals surface area contributed by atoms with Gasteiger partial charge in [0.15, 0.2) is 0 Å². The molecule has 1 rings (SSSR count). The van der Waals surface area contributed by atoms with E-state index in [1.165, 1.54) is 24.0 Å². The number of rotatable bonds is 4. The van der Waals surface area contributed by atoms with Crippen LogP contribution in [0.4, 0.5) is 0 Å². The van der Waals surface area contributed by atoms with Crippen molar-refractivity contribution in [2.75, 3.05) is 0 Å². The summed E-state index contributed by atoms with van der Waals surface area (Å²) >= 11 is 0. The van der Waals surface area contributed by atoms with Crippen LogP contribution < -0.4 is 0 Å². The molecule has 0 unspecified atom stereocenters. The molecule has 0 N–H and O–H groups in total. The third-order valence-corrected chi connectivity index (χ3v) is 3.17. The highest BCUT2D eigenvalue weighted by molar-refractivity contribution is 5.77. The fraction of sp³-hybridized carbons (Fsp3) is 0.731. The third-order valence-electron chi connectivity index (χ3n) is 3.17. The van der Waals surface area contributed by atoms with Crippen molar-refractivity contribution < 1.29 is 4.79 Å². The molecule has 0 aromatic heterocycles. The van der Waals surface area contributed by atoms with E-state index in [2.05, 4.69) is 58.9 Å². The summed E-state index contributed by atoms with van der Waals surface area (Å²) in [5.74, 6) is 1.37. The lowest BCUT2D eigenvalue weighted by Crippen LogP contribution is -1.98. The average molecular weight is 383 g/mol. The Morgan fingerprint density at radius 3 is 1.44 bits per heavy atom. The maximum absolute atomic E-state index is 10.1. The molecular weight excluding hydrogens is 328 g/mol. The van der Waals surface area contributed by atoms with Crippen molar-refractivity contribution in [1.29, 1.82) is 0 Å². The zero-order chi connectivity index (χ0) is 22.8. The van der Waals surface area contributed by atoms with Crippen LogP contribution in [0, 0.1) is 18.8 Å². The molecule has 0 aliphatic rings. The van der Waals surface area contributed by atoms with Gasteiger partial charge in [-0.3, -0.25) is 4.79 Å². The molecule has 0 saturated heterocycles. The molecule has 1 aromatic rings. The van der Waals surface area contributed by atoms with Crippen molar-refractivity contribution in [3.05, 3.63) is 35.4 Å². The van der Waals surface area contributed by atoms with E-state index in [9.17, 15) is 4.79 Å². The minimum absolute atomic E-state index is 0.213. The van der Waals surface area contributed by atoms with Crippen LogP contribution in [0.3, 0.4) is 0 Å². The molecule has 0 aliphatic carbocycles. The highest BCUT2D eigenvalue weighted by atomic mass is 16.1. The van der Waals surface area contributed by atoms with Crippen LogP contribution in [0.2, 0.25) is 0 Å². The van der Waals surface area contributed by atoms with Crippen LogP contribution in [0.5, 0.6) is 0 Å². The van der Waals surface area contributed by atoms with E-state index in [4.69, 9.17) is 0 Å². The van der Waals surface area contributed by atoms with Crippen LogP contribution in [0.25, 0.3) is 0 Å². The van der Waals surface area contributed by atoms with Crippen molar-refractivity contribution in [1.82, 2.24) is 0 Å². The Balaban J connectivity index is -0.0000000804. The van der Waals surface area contributed by atoms with Crippen molar-refractivity contribution in [2.24, 2.45) is 11.8 Å². The number of carbonyl (C=O) groups excluding carboxylic acids is 1. The summed E-state index contributed by atoms with van der Waals surface area (Å²) in [7, 11) is 0. The fourth-order valence-corrected chi connectivity index (χ4v) is 1.51. The summed E-state index contributed by atoms with van der Waals surface area (Å²) < 4.78 is 0. The van der Waals surface area contributed by atoms with Gasteiger partial charge in [0.2, 0.25) is 0 Å². The molecule has 1 heteroatoms. The minimum Gasteiger partial charge on any atom is -0.300 e. The Labute approximate surface area is 174 Å². The standard InChI is InChI=1S/C9H12.C6H14.C5H10O.3C2H6/c1-3-9-6-4-5-8(2)7-9;1-4-5-6(2)3;1-4(2)5(3)6;3*1-2/h4-7H,3H2,1-2H3;6H,4-5H2,1-3H3;4H,1-3H3;3*1-2H3. The lowest BCUT2D eigenvalue weighted by atomic mass is 10.1. The normalized spacial score (nSPS) is 8.15. The first-order valence-electron chi connectivity index (χ1n) is 11.3. The largest absolute Gasteiger partial charge is 0.300 e. The van der Waals surface area contributed by atoms with E-state index in [-0.39, 0.29) is 11.7 Å². The monoisotopic (exact) mass is 382 g/mol. The number of ketones is 1. The smallest absolute Gasteiger partial charge is 0.132 e. The molecule has 164 valence electrons. The van der Waals surface area contributed by atoms with E-state index in [0.29, 0.717) is 0 Å². The molecule has 0 heterocycles. The number of Topliss-reactive ketones (excluding diaryl/α,β-unsaturated/α-hetero) is 1. The first-order valence-corrected chi connectivity index (χ1v) is 11.3. The summed E-state index contributed by atoms with van der Waals surface area (Å²) in [6.45, 7) is 28.4. The van der Waals surface area contributed by atoms with Crippen LogP contribution in [-0.2, 0) is 11.2 Å². The SMILES string of the molecule is CC.CC.CC.CC(=O)C(C)C.CCCC(C)C.CCc1cccc(C)c1. The molecule has 27 heavy (non-hydrogen) atoms. The number of hydrogen-bond donors (Lipinski definition) is 0. The van der Waals surface area contributed by atoms with Gasteiger partial charge in [0.05, 0.1) is 0 Å². The van der Waals surface area contributed by atoms with Gasteiger partial charge in [0.25, 0.3) is 0 Å². The zero-order valence-electron chi connectivity index (χ0n) is 21.5. The molecular formula is C26H54O. The Hall–Kier alpha value is -1.11. The van der Waals surface area contributed by atoms with E-state index in [1.54, 1.807) is 6.92 Å².